The van der Waals surface area contributed by atoms with Crippen LogP contribution >= 0.6 is 0 Å². The Morgan fingerprint density at radius 1 is 1.14 bits per heavy atom. The number of aromatic nitrogens is 3. The minimum Gasteiger partial charge on any atom is -0.370 e. The molecule has 9 heteroatoms. The maximum Gasteiger partial charge on any atom is 0.347 e. The Morgan fingerprint density at radius 2 is 1.86 bits per heavy atom. The number of fused-ring (bicyclic) bond motifs is 1. The van der Waals surface area contributed by atoms with E-state index in [-0.39, 0.29) is 37.2 Å². The van der Waals surface area contributed by atoms with Crippen molar-refractivity contribution in [3.05, 3.63) is 117 Å². The quantitative estimate of drug-likeness (QED) is 0.226. The van der Waals surface area contributed by atoms with Crippen LogP contribution in [0.2, 0.25) is 0 Å². The highest BCUT2D eigenvalue weighted by Crippen LogP contribution is 2.38. The van der Waals surface area contributed by atoms with Gasteiger partial charge >= 0.3 is 5.69 Å². The van der Waals surface area contributed by atoms with E-state index in [4.69, 9.17) is 15.9 Å². The average Bonchev–Trinajstić information content (AvgIpc) is 3.56. The first-order valence-corrected chi connectivity index (χ1v) is 14.2. The van der Waals surface area contributed by atoms with Crippen LogP contribution in [0.3, 0.4) is 0 Å². The molecule has 1 aliphatic carbocycles. The van der Waals surface area contributed by atoms with Crippen molar-refractivity contribution in [1.82, 2.24) is 14.3 Å². The summed E-state index contributed by atoms with van der Waals surface area (Å²) < 4.78 is 2.93. The molecule has 3 aromatic carbocycles. The van der Waals surface area contributed by atoms with Gasteiger partial charge in [0.1, 0.15) is 0 Å². The molecule has 0 saturated carbocycles. The molecule has 0 saturated heterocycles. The smallest absolute Gasteiger partial charge is 0.347 e. The van der Waals surface area contributed by atoms with Crippen molar-refractivity contribution >= 4 is 17.6 Å². The molecule has 0 radical (unpaired) electrons. The average molecular weight is 562 g/mol. The molecule has 2 N–H and O–H groups in total. The van der Waals surface area contributed by atoms with Crippen LogP contribution in [-0.4, -0.2) is 32.0 Å². The van der Waals surface area contributed by atoms with Gasteiger partial charge in [0.05, 0.1) is 29.9 Å². The number of anilines is 1. The van der Waals surface area contributed by atoms with E-state index in [1.807, 2.05) is 55.3 Å². The first-order valence-electron chi connectivity index (χ1n) is 14.2. The van der Waals surface area contributed by atoms with Crippen molar-refractivity contribution in [2.45, 2.75) is 65.1 Å². The summed E-state index contributed by atoms with van der Waals surface area (Å²) >= 11 is 0. The molecule has 42 heavy (non-hydrogen) atoms. The highest BCUT2D eigenvalue weighted by atomic mass is 16.2. The van der Waals surface area contributed by atoms with E-state index in [0.717, 1.165) is 29.5 Å². The van der Waals surface area contributed by atoms with Crippen LogP contribution < -0.4 is 16.4 Å². The van der Waals surface area contributed by atoms with E-state index in [9.17, 15) is 14.9 Å². The lowest BCUT2D eigenvalue weighted by molar-refractivity contribution is -0.118. The van der Waals surface area contributed by atoms with Crippen molar-refractivity contribution in [1.29, 1.82) is 5.26 Å². The summed E-state index contributed by atoms with van der Waals surface area (Å²) in [5.41, 5.74) is 12.0. The van der Waals surface area contributed by atoms with Crippen LogP contribution in [0.1, 0.15) is 66.0 Å². The fraction of sp³-hybridized carbons (Fsp3) is 0.303. The maximum atomic E-state index is 13.8. The molecule has 2 atom stereocenters. The predicted octanol–water partition coefficient (Wildman–Crippen LogP) is 4.50. The molecule has 1 amide bonds. The summed E-state index contributed by atoms with van der Waals surface area (Å²) in [6.45, 7) is 6.39. The van der Waals surface area contributed by atoms with Crippen LogP contribution in [0, 0.1) is 18.3 Å². The molecule has 1 aliphatic rings. The zero-order valence-corrected chi connectivity index (χ0v) is 24.2. The molecule has 214 valence electrons. The number of hydrogen-bond acceptors (Lipinski definition) is 6. The molecule has 0 aliphatic heterocycles. The highest BCUT2D eigenvalue weighted by molar-refractivity contribution is 5.99. The molecule has 0 bridgehead atoms. The summed E-state index contributed by atoms with van der Waals surface area (Å²) in [4.78, 5) is 25.6. The van der Waals surface area contributed by atoms with Gasteiger partial charge < -0.3 is 5.73 Å². The van der Waals surface area contributed by atoms with E-state index in [2.05, 4.69) is 37.3 Å². The summed E-state index contributed by atoms with van der Waals surface area (Å²) in [7, 11) is 0. The first-order chi connectivity index (χ1) is 20.2. The van der Waals surface area contributed by atoms with Crippen LogP contribution in [0.5, 0.6) is 0 Å². The zero-order chi connectivity index (χ0) is 29.8. The van der Waals surface area contributed by atoms with Crippen molar-refractivity contribution in [3.8, 4) is 6.07 Å². The number of benzene rings is 3. The number of nitriles is 1. The number of amides is 1. The molecule has 0 fully saturated rings. The third-order valence-corrected chi connectivity index (χ3v) is 7.98. The molecule has 2 unspecified atom stereocenters. The van der Waals surface area contributed by atoms with Crippen LogP contribution in [0.25, 0.3) is 0 Å². The number of nitrogens with two attached hydrogens (primary N) is 1. The lowest BCUT2D eigenvalue weighted by Crippen LogP contribution is -2.37. The largest absolute Gasteiger partial charge is 0.370 e. The summed E-state index contributed by atoms with van der Waals surface area (Å²) in [5.74, 6) is 0.0135. The van der Waals surface area contributed by atoms with Gasteiger partial charge in [0.15, 0.2) is 0 Å². The fourth-order valence-electron chi connectivity index (χ4n) is 5.57. The van der Waals surface area contributed by atoms with Gasteiger partial charge in [0.2, 0.25) is 11.9 Å². The van der Waals surface area contributed by atoms with Crippen molar-refractivity contribution in [2.24, 2.45) is 10.8 Å². The SMILES string of the molecule is C/C(=N\N(c1nn(Cc2ccc(C)cc2)c(=O)n1CCC(N)=O)C(C)C1CCc2ccccc21)c1ccc(C#N)cc1. The number of aryl methyl sites for hydroxylation is 2. The Kier molecular flexibility index (Phi) is 8.34. The molecule has 1 heterocycles. The van der Waals surface area contributed by atoms with E-state index in [0.29, 0.717) is 17.2 Å². The minimum absolute atomic E-state index is 0.00403. The molecule has 9 nitrogen and oxygen atoms in total. The minimum atomic E-state index is -0.499. The second-order valence-corrected chi connectivity index (χ2v) is 10.9. The lowest BCUT2D eigenvalue weighted by atomic mass is 9.94. The number of hydrazone groups is 1. The number of hydrogen-bond donors (Lipinski definition) is 1. The van der Waals surface area contributed by atoms with Crippen LogP contribution in [-0.2, 0) is 24.3 Å². The topological polar surface area (TPSA) is 122 Å². The van der Waals surface area contributed by atoms with Gasteiger partial charge in [0.25, 0.3) is 0 Å². The monoisotopic (exact) mass is 561 g/mol. The zero-order valence-electron chi connectivity index (χ0n) is 24.2. The summed E-state index contributed by atoms with van der Waals surface area (Å²) in [5, 5.41) is 21.0. The third-order valence-electron chi connectivity index (χ3n) is 7.98. The Morgan fingerprint density at radius 3 is 2.55 bits per heavy atom. The Bertz CT molecular complexity index is 1710. The number of carbonyl (C=O) groups excluding carboxylic acids is 1. The first kappa shape index (κ1) is 28.6. The number of rotatable bonds is 10. The Hall–Kier alpha value is -4.97. The normalized spacial score (nSPS) is 15.2. The summed E-state index contributed by atoms with van der Waals surface area (Å²) in [6.07, 6.45) is 1.90. The predicted molar refractivity (Wildman–Crippen MR) is 163 cm³/mol. The van der Waals surface area contributed by atoms with Crippen molar-refractivity contribution in [3.63, 3.8) is 0 Å². The molecule has 0 spiro atoms. The van der Waals surface area contributed by atoms with Gasteiger partial charge in [0, 0.05) is 18.9 Å². The van der Waals surface area contributed by atoms with E-state index in [1.54, 1.807) is 12.1 Å². The van der Waals surface area contributed by atoms with Gasteiger partial charge in [-0.2, -0.15) is 10.4 Å². The van der Waals surface area contributed by atoms with Gasteiger partial charge in [-0.15, -0.1) is 5.10 Å². The fourth-order valence-corrected chi connectivity index (χ4v) is 5.57. The number of primary amides is 1. The number of nitrogens with zero attached hydrogens (tertiary/aromatic N) is 6. The second kappa shape index (κ2) is 12.3. The van der Waals surface area contributed by atoms with Gasteiger partial charge in [-0.25, -0.2) is 14.5 Å². The summed E-state index contributed by atoms with van der Waals surface area (Å²) in [6, 6.07) is 25.6. The standard InChI is InChI=1S/C33H35N7O2/c1-22-8-10-26(11-9-22)21-39-33(42)38(19-18-31(35)41)32(37-39)40(36-23(2)27-14-12-25(20-34)13-15-27)24(3)29-17-16-28-6-4-5-7-30(28)29/h4-15,24,29H,16-19,21H2,1-3H3,(H2,35,41)/b36-23+. The highest BCUT2D eigenvalue weighted by Gasteiger charge is 2.34. The second-order valence-electron chi connectivity index (χ2n) is 10.9. The van der Waals surface area contributed by atoms with Gasteiger partial charge in [-0.05, 0) is 68.0 Å². The van der Waals surface area contributed by atoms with E-state index >= 15 is 0 Å². The van der Waals surface area contributed by atoms with Crippen LogP contribution in [0.15, 0.2) is 82.7 Å². The molecular weight excluding hydrogens is 526 g/mol. The molecule has 4 aromatic rings. The van der Waals surface area contributed by atoms with Gasteiger partial charge in [-0.3, -0.25) is 9.36 Å². The van der Waals surface area contributed by atoms with E-state index < -0.39 is 5.91 Å². The Balaban J connectivity index is 1.62. The Labute approximate surface area is 245 Å². The molecule has 1 aromatic heterocycles. The van der Waals surface area contributed by atoms with Crippen molar-refractivity contribution < 1.29 is 4.79 Å². The molecular formula is C33H35N7O2. The maximum absolute atomic E-state index is 13.8. The number of carbonyl (C=O) groups is 1. The van der Waals surface area contributed by atoms with Gasteiger partial charge in [-0.1, -0.05) is 66.2 Å². The molecule has 5 rings (SSSR count). The van der Waals surface area contributed by atoms with E-state index in [1.165, 1.54) is 20.4 Å². The van der Waals surface area contributed by atoms with Crippen molar-refractivity contribution in [2.75, 3.05) is 5.01 Å². The lowest BCUT2D eigenvalue weighted by Gasteiger charge is -2.31. The third kappa shape index (κ3) is 6.03. The van der Waals surface area contributed by atoms with Crippen LogP contribution in [0.4, 0.5) is 5.95 Å².